The maximum absolute atomic E-state index is 11.0. The third kappa shape index (κ3) is 19.7. The molecule has 0 bridgehead atoms. The zero-order chi connectivity index (χ0) is 23.0. The zero-order valence-electron chi connectivity index (χ0n) is 20.2. The molecule has 0 radical (unpaired) electrons. The summed E-state index contributed by atoms with van der Waals surface area (Å²) in [6.07, 6.45) is 9.50. The van der Waals surface area contributed by atoms with Gasteiger partial charge in [-0.25, -0.2) is 0 Å². The molecule has 0 aliphatic carbocycles. The second-order valence-electron chi connectivity index (χ2n) is 9.70. The number of nitrogens with zero attached hydrogens (tertiary/aromatic N) is 1. The van der Waals surface area contributed by atoms with Crippen LogP contribution in [-0.2, 0) is 18.6 Å². The fraction of sp³-hybridized carbons (Fsp3) is 0.955. The second-order valence-corrected chi connectivity index (χ2v) is 10.6. The van der Waals surface area contributed by atoms with Gasteiger partial charge in [-0.3, -0.25) is 4.79 Å². The predicted molar refractivity (Wildman–Crippen MR) is 122 cm³/mol. The average molecular weight is 453 g/mol. The highest BCUT2D eigenvalue weighted by Crippen LogP contribution is 2.36. The van der Waals surface area contributed by atoms with E-state index in [1.165, 1.54) is 32.1 Å². The molecule has 0 amide bonds. The second kappa shape index (κ2) is 16.3. The molecule has 0 saturated carbocycles. The predicted octanol–water partition coefficient (Wildman–Crippen LogP) is 5.11. The maximum atomic E-state index is 11.0. The molecule has 30 heavy (non-hydrogen) atoms. The molecule has 0 heterocycles. The Kier molecular flexibility index (Phi) is 16.2. The molecule has 0 aromatic rings. The van der Waals surface area contributed by atoms with Crippen LogP contribution in [-0.4, -0.2) is 73.1 Å². The Morgan fingerprint density at radius 1 is 1.00 bits per heavy atom. The Balaban J connectivity index is 3.86. The van der Waals surface area contributed by atoms with E-state index in [2.05, 4.69) is 20.8 Å². The van der Waals surface area contributed by atoms with Gasteiger partial charge in [0.2, 0.25) is 0 Å². The summed E-state index contributed by atoms with van der Waals surface area (Å²) in [6, 6.07) is 0. The quantitative estimate of drug-likeness (QED) is 0.152. The first-order chi connectivity index (χ1) is 13.9. The highest BCUT2D eigenvalue weighted by atomic mass is 31.2. The minimum Gasteiger partial charge on any atom is -0.481 e. The lowest BCUT2D eigenvalue weighted by atomic mass is 9.99. The molecule has 0 aliphatic rings. The van der Waals surface area contributed by atoms with Gasteiger partial charge in [-0.1, -0.05) is 39.0 Å². The van der Waals surface area contributed by atoms with E-state index < -0.39 is 20.7 Å². The van der Waals surface area contributed by atoms with Gasteiger partial charge in [0.15, 0.2) is 0 Å². The number of hydrogen-bond acceptors (Lipinski definition) is 5. The number of carboxylic acids is 1. The zero-order valence-corrected chi connectivity index (χ0v) is 21.1. The summed E-state index contributed by atoms with van der Waals surface area (Å²) < 4.78 is 17.4. The van der Waals surface area contributed by atoms with Crippen molar-refractivity contribution in [1.29, 1.82) is 0 Å². The maximum Gasteiger partial charge on any atom is 0.330 e. The summed E-state index contributed by atoms with van der Waals surface area (Å²) >= 11 is 0. The Morgan fingerprint density at radius 3 is 2.20 bits per heavy atom. The van der Waals surface area contributed by atoms with Crippen LogP contribution in [0.2, 0.25) is 0 Å². The molecule has 0 aromatic carbocycles. The van der Waals surface area contributed by atoms with Gasteiger partial charge in [-0.2, -0.15) is 0 Å². The van der Waals surface area contributed by atoms with Crippen molar-refractivity contribution in [3.8, 4) is 0 Å². The molecular formula is C22H47NO6P+. The highest BCUT2D eigenvalue weighted by molar-refractivity contribution is 7.40. The average Bonchev–Trinajstić information content (AvgIpc) is 2.58. The Bertz CT molecular complexity index is 442. The number of quaternary nitrogens is 1. The highest BCUT2D eigenvalue weighted by Gasteiger charge is 2.25. The SMILES string of the molecule is CCCCCCCC(C)(C)OCCCCCOP(O)O[C@H](CC(=O)O)C[N+](C)(C)C. The van der Waals surface area contributed by atoms with Gasteiger partial charge in [-0.05, 0) is 39.5 Å². The van der Waals surface area contributed by atoms with Crippen LogP contribution in [0, 0.1) is 0 Å². The summed E-state index contributed by atoms with van der Waals surface area (Å²) in [4.78, 5) is 21.0. The number of aliphatic carboxylic acids is 1. The first kappa shape index (κ1) is 29.7. The summed E-state index contributed by atoms with van der Waals surface area (Å²) in [6.45, 7) is 8.17. The van der Waals surface area contributed by atoms with Crippen LogP contribution in [0.1, 0.15) is 85.0 Å². The molecule has 1 unspecified atom stereocenters. The third-order valence-electron chi connectivity index (χ3n) is 4.76. The Labute approximate surface area is 185 Å². The van der Waals surface area contributed by atoms with E-state index in [0.29, 0.717) is 17.6 Å². The normalized spacial score (nSPS) is 14.6. The van der Waals surface area contributed by atoms with Gasteiger partial charge in [0.1, 0.15) is 12.6 Å². The van der Waals surface area contributed by atoms with Crippen LogP contribution in [0.3, 0.4) is 0 Å². The molecule has 180 valence electrons. The van der Waals surface area contributed by atoms with Gasteiger partial charge >= 0.3 is 14.6 Å². The Morgan fingerprint density at radius 2 is 1.60 bits per heavy atom. The molecule has 7 nitrogen and oxygen atoms in total. The molecule has 0 fully saturated rings. The lowest BCUT2D eigenvalue weighted by Crippen LogP contribution is -2.42. The van der Waals surface area contributed by atoms with Gasteiger partial charge in [0.25, 0.3) is 0 Å². The van der Waals surface area contributed by atoms with Crippen LogP contribution in [0.5, 0.6) is 0 Å². The molecule has 0 aliphatic heterocycles. The molecule has 8 heteroatoms. The van der Waals surface area contributed by atoms with Crippen molar-refractivity contribution in [1.82, 2.24) is 0 Å². The van der Waals surface area contributed by atoms with E-state index in [-0.39, 0.29) is 12.0 Å². The van der Waals surface area contributed by atoms with Crippen LogP contribution in [0.15, 0.2) is 0 Å². The van der Waals surface area contributed by atoms with Crippen molar-refractivity contribution >= 4 is 14.6 Å². The fourth-order valence-corrected chi connectivity index (χ4v) is 3.94. The molecule has 2 N–H and O–H groups in total. The smallest absolute Gasteiger partial charge is 0.330 e. The van der Waals surface area contributed by atoms with Crippen molar-refractivity contribution in [2.75, 3.05) is 40.9 Å². The molecular weight excluding hydrogens is 405 g/mol. The monoisotopic (exact) mass is 452 g/mol. The van der Waals surface area contributed by atoms with Gasteiger partial charge in [0, 0.05) is 6.61 Å². The minimum absolute atomic E-state index is 0.0688. The van der Waals surface area contributed by atoms with Crippen molar-refractivity contribution in [3.63, 3.8) is 0 Å². The van der Waals surface area contributed by atoms with Crippen LogP contribution >= 0.6 is 8.60 Å². The molecule has 0 saturated heterocycles. The van der Waals surface area contributed by atoms with Crippen molar-refractivity contribution in [2.24, 2.45) is 0 Å². The first-order valence-electron chi connectivity index (χ1n) is 11.4. The van der Waals surface area contributed by atoms with Crippen LogP contribution in [0.4, 0.5) is 0 Å². The molecule has 2 atom stereocenters. The van der Waals surface area contributed by atoms with Crippen LogP contribution < -0.4 is 0 Å². The van der Waals surface area contributed by atoms with E-state index in [1.54, 1.807) is 0 Å². The molecule has 0 spiro atoms. The third-order valence-corrected chi connectivity index (χ3v) is 5.64. The number of hydrogen-bond donors (Lipinski definition) is 2. The Hall–Kier alpha value is -0.300. The number of carbonyl (C=O) groups is 1. The standard InChI is InChI=1S/C22H46NO6P/c1-7-8-9-10-12-15-22(2,3)27-16-13-11-14-17-28-30(26)29-20(18-21(24)25)19-23(4,5)6/h20,26H,7-19H2,1-6H3/p+1/t20-,30?/m1/s1. The summed E-state index contributed by atoms with van der Waals surface area (Å²) in [7, 11) is 3.80. The summed E-state index contributed by atoms with van der Waals surface area (Å²) in [5, 5.41) is 9.02. The van der Waals surface area contributed by atoms with E-state index in [0.717, 1.165) is 32.3 Å². The minimum atomic E-state index is -2.06. The van der Waals surface area contributed by atoms with Crippen molar-refractivity contribution in [3.05, 3.63) is 0 Å². The van der Waals surface area contributed by atoms with E-state index >= 15 is 0 Å². The lowest BCUT2D eigenvalue weighted by molar-refractivity contribution is -0.873. The lowest BCUT2D eigenvalue weighted by Gasteiger charge is -2.29. The van der Waals surface area contributed by atoms with Gasteiger partial charge in [0.05, 0.1) is 39.8 Å². The largest absolute Gasteiger partial charge is 0.481 e. The van der Waals surface area contributed by atoms with Crippen molar-refractivity contribution in [2.45, 2.75) is 96.7 Å². The first-order valence-corrected chi connectivity index (χ1v) is 12.5. The number of unbranched alkanes of at least 4 members (excludes halogenated alkanes) is 6. The summed E-state index contributed by atoms with van der Waals surface area (Å²) in [5.74, 6) is -0.944. The van der Waals surface area contributed by atoms with Gasteiger partial charge in [-0.15, -0.1) is 0 Å². The molecule has 0 aromatic heterocycles. The van der Waals surface area contributed by atoms with Crippen LogP contribution in [0.25, 0.3) is 0 Å². The number of ether oxygens (including phenoxy) is 1. The topological polar surface area (TPSA) is 85.2 Å². The summed E-state index contributed by atoms with van der Waals surface area (Å²) in [5.41, 5.74) is -0.0688. The van der Waals surface area contributed by atoms with Crippen molar-refractivity contribution < 1.29 is 33.1 Å². The van der Waals surface area contributed by atoms with E-state index in [9.17, 15) is 9.69 Å². The van der Waals surface area contributed by atoms with E-state index in [4.69, 9.17) is 18.9 Å². The molecule has 0 rings (SSSR count). The van der Waals surface area contributed by atoms with E-state index in [1.807, 2.05) is 21.1 Å². The fourth-order valence-electron chi connectivity index (χ4n) is 3.20. The number of likely N-dealkylation sites (N-methyl/N-ethyl adjacent to an activating group) is 1. The number of rotatable bonds is 20. The number of carboxylic acid groups (broad SMARTS) is 1. The van der Waals surface area contributed by atoms with Gasteiger partial charge < -0.3 is 28.3 Å².